The predicted octanol–water partition coefficient (Wildman–Crippen LogP) is 2.66. The first-order valence-corrected chi connectivity index (χ1v) is 5.94. The normalized spacial score (nSPS) is 10.8. The fraction of sp³-hybridized carbons (Fsp3) is 0.417. The van der Waals surface area contributed by atoms with Crippen LogP contribution in [0.2, 0.25) is 0 Å². The molecule has 1 aromatic rings. The summed E-state index contributed by atoms with van der Waals surface area (Å²) in [4.78, 5) is 12.5. The lowest BCUT2D eigenvalue weighted by Crippen LogP contribution is -2.21. The summed E-state index contributed by atoms with van der Waals surface area (Å²) >= 11 is 3.49. The van der Waals surface area contributed by atoms with E-state index in [4.69, 9.17) is 5.11 Å². The molecule has 0 fully saturated rings. The van der Waals surface area contributed by atoms with Gasteiger partial charge in [-0.15, -0.1) is 0 Å². The van der Waals surface area contributed by atoms with E-state index in [2.05, 4.69) is 28.9 Å². The summed E-state index contributed by atoms with van der Waals surface area (Å²) in [5, 5.41) is 8.59. The second kappa shape index (κ2) is 6.01. The predicted molar refractivity (Wildman–Crippen MR) is 67.5 cm³/mol. The summed E-state index contributed by atoms with van der Waals surface area (Å²) in [5.74, 6) is -0.752. The van der Waals surface area contributed by atoms with Crippen molar-refractivity contribution >= 4 is 21.9 Å². The number of halogens is 1. The molecule has 0 aliphatic carbocycles. The highest BCUT2D eigenvalue weighted by atomic mass is 79.9. The Morgan fingerprint density at radius 1 is 1.50 bits per heavy atom. The van der Waals surface area contributed by atoms with Crippen molar-refractivity contribution in [3.05, 3.63) is 33.8 Å². The lowest BCUT2D eigenvalue weighted by molar-refractivity contribution is -0.137. The van der Waals surface area contributed by atoms with E-state index >= 15 is 0 Å². The quantitative estimate of drug-likeness (QED) is 0.904. The van der Waals surface area contributed by atoms with Crippen LogP contribution in [0, 0.1) is 6.92 Å². The van der Waals surface area contributed by atoms with Gasteiger partial charge in [-0.25, -0.2) is 0 Å². The van der Waals surface area contributed by atoms with Gasteiger partial charge in [-0.3, -0.25) is 4.79 Å². The van der Waals surface area contributed by atoms with Crippen LogP contribution in [0.4, 0.5) is 0 Å². The largest absolute Gasteiger partial charge is 0.481 e. The van der Waals surface area contributed by atoms with E-state index in [1.54, 1.807) is 0 Å². The highest BCUT2D eigenvalue weighted by molar-refractivity contribution is 9.10. The molecule has 0 radical (unpaired) electrons. The van der Waals surface area contributed by atoms with Crippen molar-refractivity contribution in [2.24, 2.45) is 0 Å². The van der Waals surface area contributed by atoms with E-state index in [-0.39, 0.29) is 6.42 Å². The van der Waals surface area contributed by atoms with Crippen molar-refractivity contribution in [2.75, 3.05) is 13.6 Å². The SMILES string of the molecule is Cc1c(Br)cccc1CN(C)CCC(=O)O. The molecule has 0 atom stereocenters. The van der Waals surface area contributed by atoms with Crippen molar-refractivity contribution in [2.45, 2.75) is 19.9 Å². The molecule has 0 aliphatic heterocycles. The number of hydrogen-bond acceptors (Lipinski definition) is 2. The Hall–Kier alpha value is -0.870. The molecule has 0 aliphatic rings. The summed E-state index contributed by atoms with van der Waals surface area (Å²) < 4.78 is 1.09. The molecular formula is C12H16BrNO2. The summed E-state index contributed by atoms with van der Waals surface area (Å²) in [6.45, 7) is 3.41. The maximum Gasteiger partial charge on any atom is 0.304 e. The van der Waals surface area contributed by atoms with Gasteiger partial charge < -0.3 is 10.0 Å². The highest BCUT2D eigenvalue weighted by Crippen LogP contribution is 2.20. The minimum Gasteiger partial charge on any atom is -0.481 e. The van der Waals surface area contributed by atoms with E-state index in [0.29, 0.717) is 6.54 Å². The molecule has 4 heteroatoms. The first-order valence-electron chi connectivity index (χ1n) is 5.15. The molecule has 0 bridgehead atoms. The number of carboxylic acid groups (broad SMARTS) is 1. The zero-order valence-electron chi connectivity index (χ0n) is 9.53. The maximum absolute atomic E-state index is 10.4. The molecule has 0 spiro atoms. The molecule has 1 aromatic carbocycles. The zero-order valence-corrected chi connectivity index (χ0v) is 11.1. The van der Waals surface area contributed by atoms with Crippen LogP contribution in [0.15, 0.2) is 22.7 Å². The van der Waals surface area contributed by atoms with E-state index in [9.17, 15) is 4.79 Å². The summed E-state index contributed by atoms with van der Waals surface area (Å²) in [6, 6.07) is 6.07. The highest BCUT2D eigenvalue weighted by Gasteiger charge is 2.06. The molecular weight excluding hydrogens is 270 g/mol. The van der Waals surface area contributed by atoms with Crippen molar-refractivity contribution in [1.29, 1.82) is 0 Å². The van der Waals surface area contributed by atoms with E-state index in [1.165, 1.54) is 11.1 Å². The Morgan fingerprint density at radius 3 is 2.81 bits per heavy atom. The van der Waals surface area contributed by atoms with Crippen molar-refractivity contribution in [1.82, 2.24) is 4.90 Å². The van der Waals surface area contributed by atoms with Gasteiger partial charge in [-0.1, -0.05) is 28.1 Å². The van der Waals surface area contributed by atoms with Crippen molar-refractivity contribution < 1.29 is 9.90 Å². The summed E-state index contributed by atoms with van der Waals surface area (Å²) in [6.07, 6.45) is 0.184. The minimum atomic E-state index is -0.752. The molecule has 88 valence electrons. The van der Waals surface area contributed by atoms with Gasteiger partial charge in [-0.2, -0.15) is 0 Å². The zero-order chi connectivity index (χ0) is 12.1. The Balaban J connectivity index is 2.59. The molecule has 0 saturated carbocycles. The first kappa shape index (κ1) is 13.2. The van der Waals surface area contributed by atoms with Gasteiger partial charge in [0, 0.05) is 17.6 Å². The Labute approximate surface area is 104 Å². The maximum atomic E-state index is 10.4. The Kier molecular flexibility index (Phi) is 4.96. The van der Waals surface area contributed by atoms with E-state index in [1.807, 2.05) is 24.1 Å². The number of aliphatic carboxylic acids is 1. The van der Waals surface area contributed by atoms with Gasteiger partial charge in [0.2, 0.25) is 0 Å². The molecule has 16 heavy (non-hydrogen) atoms. The number of rotatable bonds is 5. The van der Waals surface area contributed by atoms with Gasteiger partial charge in [0.25, 0.3) is 0 Å². The fourth-order valence-electron chi connectivity index (χ4n) is 1.48. The van der Waals surface area contributed by atoms with Crippen LogP contribution in [0.1, 0.15) is 17.5 Å². The fourth-order valence-corrected chi connectivity index (χ4v) is 1.89. The van der Waals surface area contributed by atoms with Crippen LogP contribution >= 0.6 is 15.9 Å². The van der Waals surface area contributed by atoms with Crippen LogP contribution in [0.25, 0.3) is 0 Å². The molecule has 3 nitrogen and oxygen atoms in total. The topological polar surface area (TPSA) is 40.5 Å². The van der Waals surface area contributed by atoms with Crippen LogP contribution in [0.5, 0.6) is 0 Å². The molecule has 0 saturated heterocycles. The third-order valence-electron chi connectivity index (χ3n) is 2.53. The van der Waals surface area contributed by atoms with Gasteiger partial charge >= 0.3 is 5.97 Å². The van der Waals surface area contributed by atoms with Gasteiger partial charge in [-0.05, 0) is 31.2 Å². The Bertz CT molecular complexity index is 379. The third kappa shape index (κ3) is 3.94. The number of carboxylic acids is 1. The summed E-state index contributed by atoms with van der Waals surface area (Å²) in [5.41, 5.74) is 2.44. The number of carbonyl (C=O) groups is 1. The Morgan fingerprint density at radius 2 is 2.19 bits per heavy atom. The monoisotopic (exact) mass is 285 g/mol. The first-order chi connectivity index (χ1) is 7.50. The standard InChI is InChI=1S/C12H16BrNO2/c1-9-10(4-3-5-11(9)13)8-14(2)7-6-12(15)16/h3-5H,6-8H2,1-2H3,(H,15,16). The minimum absolute atomic E-state index is 0.184. The molecule has 0 heterocycles. The number of benzene rings is 1. The second-order valence-corrected chi connectivity index (χ2v) is 4.76. The average molecular weight is 286 g/mol. The number of nitrogens with zero attached hydrogens (tertiary/aromatic N) is 1. The van der Waals surface area contributed by atoms with Gasteiger partial charge in [0.05, 0.1) is 6.42 Å². The van der Waals surface area contributed by atoms with Crippen molar-refractivity contribution in [3.63, 3.8) is 0 Å². The van der Waals surface area contributed by atoms with Crippen LogP contribution in [-0.4, -0.2) is 29.6 Å². The average Bonchev–Trinajstić information content (AvgIpc) is 2.22. The lowest BCUT2D eigenvalue weighted by atomic mass is 10.1. The molecule has 0 amide bonds. The van der Waals surface area contributed by atoms with Crippen LogP contribution in [-0.2, 0) is 11.3 Å². The molecule has 1 rings (SSSR count). The smallest absolute Gasteiger partial charge is 0.304 e. The lowest BCUT2D eigenvalue weighted by Gasteiger charge is -2.17. The number of hydrogen-bond donors (Lipinski definition) is 1. The second-order valence-electron chi connectivity index (χ2n) is 3.91. The van der Waals surface area contributed by atoms with Gasteiger partial charge in [0.15, 0.2) is 0 Å². The van der Waals surface area contributed by atoms with Gasteiger partial charge in [0.1, 0.15) is 0 Å². The molecule has 0 unspecified atom stereocenters. The van der Waals surface area contributed by atoms with Crippen molar-refractivity contribution in [3.8, 4) is 0 Å². The van der Waals surface area contributed by atoms with Crippen LogP contribution < -0.4 is 0 Å². The van der Waals surface area contributed by atoms with E-state index < -0.39 is 5.97 Å². The van der Waals surface area contributed by atoms with Crippen LogP contribution in [0.3, 0.4) is 0 Å². The molecule has 1 N–H and O–H groups in total. The van der Waals surface area contributed by atoms with E-state index in [0.717, 1.165) is 11.0 Å². The summed E-state index contributed by atoms with van der Waals surface area (Å²) in [7, 11) is 1.93. The molecule has 0 aromatic heterocycles. The third-order valence-corrected chi connectivity index (χ3v) is 3.39.